The molecule has 0 bridgehead atoms. The second kappa shape index (κ2) is 13.1. The van der Waals surface area contributed by atoms with Crippen LogP contribution in [0.2, 0.25) is 10.0 Å². The van der Waals surface area contributed by atoms with E-state index in [0.29, 0.717) is 16.0 Å². The average molecular weight is 627 g/mol. The first kappa shape index (κ1) is 31.3. The second-order valence-electron chi connectivity index (χ2n) is 10.3. The number of alkyl carbamates (subject to hydrolysis) is 1. The van der Waals surface area contributed by atoms with Gasteiger partial charge in [-0.15, -0.1) is 0 Å². The molecule has 4 rings (SSSR count). The van der Waals surface area contributed by atoms with E-state index in [0.717, 1.165) is 0 Å². The molecular weight excluding hydrogens is 599 g/mol. The highest BCUT2D eigenvalue weighted by Crippen LogP contribution is 2.25. The lowest BCUT2D eigenvalue weighted by Crippen LogP contribution is -2.40. The number of rotatable bonds is 8. The first-order valence-electron chi connectivity index (χ1n) is 12.9. The number of anilines is 1. The number of hydrogen-bond acceptors (Lipinski definition) is 8. The molecule has 0 aliphatic rings. The molecule has 43 heavy (non-hydrogen) atoms. The lowest BCUT2D eigenvalue weighted by atomic mass is 10.1. The number of fused-ring (bicyclic) bond motifs is 1. The Morgan fingerprint density at radius 3 is 2.51 bits per heavy atom. The molecule has 14 heteroatoms. The number of hydrogen-bond donors (Lipinski definition) is 4. The Kier molecular flexibility index (Phi) is 9.52. The van der Waals surface area contributed by atoms with Crippen LogP contribution in [0.25, 0.3) is 11.0 Å². The van der Waals surface area contributed by atoms with Crippen LogP contribution in [-0.4, -0.2) is 52.1 Å². The van der Waals surface area contributed by atoms with Crippen LogP contribution < -0.4 is 26.2 Å². The second-order valence-corrected chi connectivity index (χ2v) is 11.1. The summed E-state index contributed by atoms with van der Waals surface area (Å²) in [6.07, 6.45) is 0.750. The van der Waals surface area contributed by atoms with Crippen LogP contribution in [0, 0.1) is 0 Å². The topological polar surface area (TPSA) is 164 Å². The molecule has 0 aliphatic carbocycles. The zero-order chi connectivity index (χ0) is 31.3. The van der Waals surface area contributed by atoms with Crippen LogP contribution in [0.4, 0.5) is 10.5 Å². The predicted molar refractivity (Wildman–Crippen MR) is 162 cm³/mol. The molecule has 0 fully saturated rings. The van der Waals surface area contributed by atoms with Gasteiger partial charge in [-0.3, -0.25) is 14.4 Å². The number of ether oxygens (including phenoxy) is 2. The average Bonchev–Trinajstić information content (AvgIpc) is 2.94. The van der Waals surface area contributed by atoms with Gasteiger partial charge in [0.05, 0.1) is 23.9 Å². The molecule has 0 unspecified atom stereocenters. The van der Waals surface area contributed by atoms with Gasteiger partial charge in [0, 0.05) is 28.7 Å². The molecule has 0 aliphatic heterocycles. The van der Waals surface area contributed by atoms with Crippen LogP contribution in [0.15, 0.2) is 59.5 Å². The fraction of sp³-hybridized carbons (Fsp3) is 0.241. The molecular formula is C29H28Cl2N6O6. The molecule has 12 nitrogen and oxygen atoms in total. The predicted octanol–water partition coefficient (Wildman–Crippen LogP) is 4.88. The summed E-state index contributed by atoms with van der Waals surface area (Å²) in [4.78, 5) is 61.9. The van der Waals surface area contributed by atoms with Crippen molar-refractivity contribution < 1.29 is 23.9 Å². The van der Waals surface area contributed by atoms with Crippen molar-refractivity contribution in [2.45, 2.75) is 32.4 Å². The first-order valence-corrected chi connectivity index (χ1v) is 13.7. The van der Waals surface area contributed by atoms with Crippen molar-refractivity contribution in [3.05, 3.63) is 91.8 Å². The highest BCUT2D eigenvalue weighted by Gasteiger charge is 2.22. The number of nitrogens with zero attached hydrogens (tertiary/aromatic N) is 2. The number of nitrogens with one attached hydrogen (secondary N) is 4. The molecule has 224 valence electrons. The Morgan fingerprint density at radius 1 is 1.05 bits per heavy atom. The monoisotopic (exact) mass is 626 g/mol. The molecule has 2 heterocycles. The normalized spacial score (nSPS) is 11.9. The molecule has 0 saturated carbocycles. The summed E-state index contributed by atoms with van der Waals surface area (Å²) >= 11 is 12.5. The summed E-state index contributed by atoms with van der Waals surface area (Å²) in [5.74, 6) is -1.30. The van der Waals surface area contributed by atoms with E-state index >= 15 is 0 Å². The Labute approximate surface area is 256 Å². The number of carbonyl (C=O) groups is 3. The Hall–Kier alpha value is -4.68. The third kappa shape index (κ3) is 8.21. The van der Waals surface area contributed by atoms with Crippen molar-refractivity contribution in [3.63, 3.8) is 0 Å². The molecule has 2 aromatic heterocycles. The van der Waals surface area contributed by atoms with Gasteiger partial charge in [0.1, 0.15) is 16.8 Å². The molecule has 2 aromatic carbocycles. The van der Waals surface area contributed by atoms with E-state index < -0.39 is 35.1 Å². The highest BCUT2D eigenvalue weighted by atomic mass is 35.5. The Balaban J connectivity index is 1.54. The maximum absolute atomic E-state index is 13.3. The van der Waals surface area contributed by atoms with Crippen molar-refractivity contribution >= 4 is 57.8 Å². The zero-order valence-corrected chi connectivity index (χ0v) is 25.1. The van der Waals surface area contributed by atoms with Crippen molar-refractivity contribution in [2.75, 3.05) is 19.0 Å². The number of methoxy groups -OCH3 is 1. The molecule has 3 amide bonds. The van der Waals surface area contributed by atoms with Crippen molar-refractivity contribution in [1.29, 1.82) is 0 Å². The van der Waals surface area contributed by atoms with Gasteiger partial charge in [-0.1, -0.05) is 35.3 Å². The lowest BCUT2D eigenvalue weighted by Gasteiger charge is -2.23. The van der Waals surface area contributed by atoms with E-state index in [1.165, 1.54) is 37.6 Å². The van der Waals surface area contributed by atoms with E-state index in [2.05, 4.69) is 30.9 Å². The summed E-state index contributed by atoms with van der Waals surface area (Å²) in [6.45, 7) is 5.21. The molecule has 4 N–H and O–H groups in total. The minimum absolute atomic E-state index is 0.00148. The van der Waals surface area contributed by atoms with Crippen molar-refractivity contribution in [1.82, 2.24) is 25.6 Å². The fourth-order valence-corrected chi connectivity index (χ4v) is 4.28. The van der Waals surface area contributed by atoms with Crippen LogP contribution in [0.3, 0.4) is 0 Å². The summed E-state index contributed by atoms with van der Waals surface area (Å²) < 4.78 is 10.3. The highest BCUT2D eigenvalue weighted by molar-refractivity contribution is 6.34. The van der Waals surface area contributed by atoms with Gasteiger partial charge < -0.3 is 30.4 Å². The zero-order valence-electron chi connectivity index (χ0n) is 23.6. The number of aromatic nitrogens is 3. The van der Waals surface area contributed by atoms with E-state index in [1.54, 1.807) is 45.0 Å². The standard InChI is InChI=1S/C29H28Cl2N6O6/c1-29(2,3)43-28(41)33-14-22(15-6-5-7-18(30)10-15)35-24(38)16-8-9-20(31)21(12-16)34-25(39)19-11-17-13-32-27(42-4)37-23(17)36-26(19)40/h5-13,22H,14H2,1-4H3,(H,33,41)(H,34,39)(H,35,38)(H,32,36,37,40)/t22-/m0/s1. The fourth-order valence-electron chi connectivity index (χ4n) is 3.91. The van der Waals surface area contributed by atoms with Gasteiger partial charge in [-0.25, -0.2) is 9.78 Å². The van der Waals surface area contributed by atoms with E-state index in [-0.39, 0.29) is 40.0 Å². The van der Waals surface area contributed by atoms with Crippen LogP contribution in [-0.2, 0) is 4.74 Å². The van der Waals surface area contributed by atoms with Crippen LogP contribution in [0.1, 0.15) is 53.1 Å². The quantitative estimate of drug-likeness (QED) is 0.215. The minimum atomic E-state index is -0.767. The van der Waals surface area contributed by atoms with Gasteiger partial charge in [-0.05, 0) is 62.7 Å². The minimum Gasteiger partial charge on any atom is -0.467 e. The summed E-state index contributed by atoms with van der Waals surface area (Å²) in [7, 11) is 1.39. The van der Waals surface area contributed by atoms with Gasteiger partial charge >= 0.3 is 12.1 Å². The van der Waals surface area contributed by atoms with E-state index in [4.69, 9.17) is 32.7 Å². The molecule has 0 spiro atoms. The van der Waals surface area contributed by atoms with Gasteiger partial charge in [0.25, 0.3) is 17.4 Å². The molecule has 1 atom stereocenters. The SMILES string of the molecule is COc1ncc2cc(C(=O)Nc3cc(C(=O)N[C@@H](CNC(=O)OC(C)(C)C)c4cccc(Cl)c4)ccc3Cl)c(=O)[nH]c2n1. The maximum Gasteiger partial charge on any atom is 0.407 e. The number of H-pyrrole nitrogens is 1. The van der Waals surface area contributed by atoms with Crippen molar-refractivity contribution in [2.24, 2.45) is 0 Å². The molecule has 0 radical (unpaired) electrons. The third-order valence-electron chi connectivity index (χ3n) is 5.88. The summed E-state index contributed by atoms with van der Waals surface area (Å²) in [5.41, 5.74) is -0.550. The number of benzene rings is 2. The van der Waals surface area contributed by atoms with E-state index in [1.807, 2.05) is 0 Å². The largest absolute Gasteiger partial charge is 0.467 e. The maximum atomic E-state index is 13.3. The first-order chi connectivity index (χ1) is 20.3. The number of aromatic amines is 1. The Morgan fingerprint density at radius 2 is 1.81 bits per heavy atom. The third-order valence-corrected chi connectivity index (χ3v) is 6.45. The van der Waals surface area contributed by atoms with Crippen LogP contribution >= 0.6 is 23.2 Å². The number of amides is 3. The lowest BCUT2D eigenvalue weighted by molar-refractivity contribution is 0.0519. The smallest absolute Gasteiger partial charge is 0.407 e. The van der Waals surface area contributed by atoms with Crippen LogP contribution in [0.5, 0.6) is 6.01 Å². The molecule has 4 aromatic rings. The van der Waals surface area contributed by atoms with Gasteiger partial charge in [0.15, 0.2) is 0 Å². The van der Waals surface area contributed by atoms with E-state index in [9.17, 15) is 19.2 Å². The number of carbonyl (C=O) groups excluding carboxylic acids is 3. The summed E-state index contributed by atoms with van der Waals surface area (Å²) in [6, 6.07) is 11.8. The van der Waals surface area contributed by atoms with Gasteiger partial charge in [0.2, 0.25) is 0 Å². The number of pyridine rings is 1. The summed E-state index contributed by atoms with van der Waals surface area (Å²) in [5, 5.41) is 9.07. The molecule has 0 saturated heterocycles. The Bertz CT molecular complexity index is 1750. The number of halogens is 2. The van der Waals surface area contributed by atoms with Gasteiger partial charge in [-0.2, -0.15) is 4.98 Å². The van der Waals surface area contributed by atoms with Crippen molar-refractivity contribution in [3.8, 4) is 6.01 Å².